The van der Waals surface area contributed by atoms with Gasteiger partial charge in [-0.15, -0.1) is 0 Å². The molecule has 11 heteroatoms. The van der Waals surface area contributed by atoms with Crippen LogP contribution in [0.5, 0.6) is 5.88 Å². The van der Waals surface area contributed by atoms with E-state index in [2.05, 4.69) is 15.3 Å². The number of fused-ring (bicyclic) bond motifs is 1. The Morgan fingerprint density at radius 1 is 1.30 bits per heavy atom. The summed E-state index contributed by atoms with van der Waals surface area (Å²) in [5, 5.41) is 2.88. The van der Waals surface area contributed by atoms with Gasteiger partial charge in [0.25, 0.3) is 0 Å². The minimum Gasteiger partial charge on any atom is -0.472 e. The van der Waals surface area contributed by atoms with Crippen molar-refractivity contribution in [1.82, 2.24) is 14.9 Å². The lowest BCUT2D eigenvalue weighted by Gasteiger charge is -2.23. The van der Waals surface area contributed by atoms with Crippen molar-refractivity contribution < 1.29 is 27.1 Å². The Balaban J connectivity index is 1.28. The molecule has 3 atom stereocenters. The summed E-state index contributed by atoms with van der Waals surface area (Å²) in [4.78, 5) is 22.6. The Morgan fingerprint density at radius 2 is 2.06 bits per heavy atom. The van der Waals surface area contributed by atoms with Crippen LogP contribution in [-0.4, -0.2) is 59.9 Å². The molecule has 2 aromatic rings. The molecule has 176 valence electrons. The van der Waals surface area contributed by atoms with Gasteiger partial charge in [-0.05, 0) is 51.3 Å². The summed E-state index contributed by atoms with van der Waals surface area (Å²) < 4.78 is 49.5. The highest BCUT2D eigenvalue weighted by atomic mass is 32.2. The number of hydrogen-bond acceptors (Lipinski definition) is 8. The quantitative estimate of drug-likeness (QED) is 0.677. The lowest BCUT2D eigenvalue weighted by Crippen LogP contribution is -2.37. The van der Waals surface area contributed by atoms with Crippen LogP contribution in [0.2, 0.25) is 0 Å². The number of anilines is 2. The standard InChI is InChI=1S/C22H25FN4O5S/c1-12-19(26-16-5-4-13(8-15(16)23)33(3,29)30)24-11-25-20(12)31-18-10-27(17-9-14(17)18)21(28)32-22(2)6-7-22/h4-5,8,11,14,17-18H,6-7,9-10H2,1-3H3,(H,24,25,26). The second-order valence-electron chi connectivity index (χ2n) is 9.28. The largest absolute Gasteiger partial charge is 0.472 e. The number of rotatable bonds is 6. The van der Waals surface area contributed by atoms with E-state index in [-0.39, 0.29) is 40.3 Å². The van der Waals surface area contributed by atoms with Gasteiger partial charge < -0.3 is 19.7 Å². The van der Waals surface area contributed by atoms with Crippen LogP contribution in [0, 0.1) is 18.7 Å². The topological polar surface area (TPSA) is 111 Å². The first-order valence-electron chi connectivity index (χ1n) is 10.8. The Morgan fingerprint density at radius 3 is 2.73 bits per heavy atom. The van der Waals surface area contributed by atoms with E-state index in [1.165, 1.54) is 18.5 Å². The molecule has 1 aromatic carbocycles. The first kappa shape index (κ1) is 21.9. The molecule has 1 saturated heterocycles. The number of carbonyl (C=O) groups is 1. The van der Waals surface area contributed by atoms with Gasteiger partial charge in [-0.25, -0.2) is 27.6 Å². The molecule has 1 aliphatic heterocycles. The molecule has 1 amide bonds. The molecule has 2 saturated carbocycles. The molecule has 33 heavy (non-hydrogen) atoms. The summed E-state index contributed by atoms with van der Waals surface area (Å²) in [5.74, 6) is 0.208. The van der Waals surface area contributed by atoms with E-state index in [1.54, 1.807) is 11.8 Å². The van der Waals surface area contributed by atoms with Gasteiger partial charge in [0.1, 0.15) is 29.7 Å². The van der Waals surface area contributed by atoms with Crippen LogP contribution < -0.4 is 10.1 Å². The van der Waals surface area contributed by atoms with Crippen molar-refractivity contribution in [2.75, 3.05) is 18.1 Å². The zero-order valence-electron chi connectivity index (χ0n) is 18.5. The molecule has 1 N–H and O–H groups in total. The summed E-state index contributed by atoms with van der Waals surface area (Å²) in [5.41, 5.74) is 0.340. The summed E-state index contributed by atoms with van der Waals surface area (Å²) in [6.07, 6.45) is 4.50. The number of aromatic nitrogens is 2. The maximum absolute atomic E-state index is 14.5. The Kier molecular flexibility index (Phi) is 5.00. The monoisotopic (exact) mass is 476 g/mol. The number of sulfone groups is 1. The van der Waals surface area contributed by atoms with E-state index < -0.39 is 15.7 Å². The van der Waals surface area contributed by atoms with Gasteiger partial charge in [0.15, 0.2) is 9.84 Å². The molecule has 0 spiro atoms. The number of nitrogens with one attached hydrogen (secondary N) is 1. The third-order valence-corrected chi connectivity index (χ3v) is 7.61. The van der Waals surface area contributed by atoms with Gasteiger partial charge in [-0.2, -0.15) is 0 Å². The van der Waals surface area contributed by atoms with Gasteiger partial charge in [-0.3, -0.25) is 0 Å². The maximum atomic E-state index is 14.5. The second kappa shape index (κ2) is 7.54. The summed E-state index contributed by atoms with van der Waals surface area (Å²) >= 11 is 0. The first-order valence-corrected chi connectivity index (χ1v) is 12.7. The number of amides is 1. The first-order chi connectivity index (χ1) is 15.5. The van der Waals surface area contributed by atoms with Crippen molar-refractivity contribution in [2.45, 2.75) is 55.8 Å². The molecular weight excluding hydrogens is 451 g/mol. The molecule has 3 aliphatic rings. The van der Waals surface area contributed by atoms with Crippen molar-refractivity contribution in [3.05, 3.63) is 35.9 Å². The van der Waals surface area contributed by atoms with E-state index in [4.69, 9.17) is 9.47 Å². The third kappa shape index (κ3) is 4.33. The van der Waals surface area contributed by atoms with Crippen LogP contribution in [0.4, 0.5) is 20.7 Å². The van der Waals surface area contributed by atoms with E-state index in [0.717, 1.165) is 31.6 Å². The molecule has 2 aliphatic carbocycles. The fourth-order valence-electron chi connectivity index (χ4n) is 4.08. The number of nitrogens with zero attached hydrogens (tertiary/aromatic N) is 3. The molecule has 3 fully saturated rings. The molecule has 1 aromatic heterocycles. The van der Waals surface area contributed by atoms with Crippen molar-refractivity contribution in [3.8, 4) is 5.88 Å². The van der Waals surface area contributed by atoms with Gasteiger partial charge >= 0.3 is 6.09 Å². The number of piperidine rings is 1. The lowest BCUT2D eigenvalue weighted by molar-refractivity contribution is 0.0548. The van der Waals surface area contributed by atoms with Crippen molar-refractivity contribution in [2.24, 2.45) is 5.92 Å². The van der Waals surface area contributed by atoms with Crippen LogP contribution in [-0.2, 0) is 14.6 Å². The fourth-order valence-corrected chi connectivity index (χ4v) is 4.72. The average Bonchev–Trinajstić information content (AvgIpc) is 3.65. The van der Waals surface area contributed by atoms with Gasteiger partial charge in [-0.1, -0.05) is 0 Å². The van der Waals surface area contributed by atoms with Gasteiger partial charge in [0.05, 0.1) is 22.7 Å². The minimum atomic E-state index is -3.51. The van der Waals surface area contributed by atoms with Crippen LogP contribution in [0.1, 0.15) is 31.7 Å². The highest BCUT2D eigenvalue weighted by molar-refractivity contribution is 7.90. The number of halogens is 1. The molecule has 3 unspecified atom stereocenters. The minimum absolute atomic E-state index is 0.0840. The Hall–Kier alpha value is -2.95. The summed E-state index contributed by atoms with van der Waals surface area (Å²) in [6.45, 7) is 4.12. The van der Waals surface area contributed by atoms with E-state index in [9.17, 15) is 17.6 Å². The summed E-state index contributed by atoms with van der Waals surface area (Å²) in [6, 6.07) is 3.78. The molecule has 0 bridgehead atoms. The maximum Gasteiger partial charge on any atom is 0.410 e. The van der Waals surface area contributed by atoms with Gasteiger partial charge in [0, 0.05) is 18.2 Å². The molecule has 2 heterocycles. The molecule has 5 rings (SSSR count). The predicted molar refractivity (Wildman–Crippen MR) is 117 cm³/mol. The van der Waals surface area contributed by atoms with Crippen molar-refractivity contribution in [1.29, 1.82) is 0 Å². The Labute approximate surface area is 191 Å². The van der Waals surface area contributed by atoms with E-state index >= 15 is 0 Å². The zero-order valence-corrected chi connectivity index (χ0v) is 19.4. The SMILES string of the molecule is Cc1c(Nc2ccc(S(C)(=O)=O)cc2F)ncnc1OC1CN(C(=O)OC2(C)CC2)C2CC12. The van der Waals surface area contributed by atoms with Crippen LogP contribution in [0.25, 0.3) is 0 Å². The highest BCUT2D eigenvalue weighted by Crippen LogP contribution is 2.48. The number of hydrogen-bond donors (Lipinski definition) is 1. The van der Waals surface area contributed by atoms with E-state index in [1.807, 2.05) is 6.92 Å². The number of carbonyl (C=O) groups excluding carboxylic acids is 1. The number of ether oxygens (including phenoxy) is 2. The normalized spacial score (nSPS) is 24.7. The Bertz CT molecular complexity index is 1230. The molecule has 9 nitrogen and oxygen atoms in total. The van der Waals surface area contributed by atoms with Crippen LogP contribution >= 0.6 is 0 Å². The second-order valence-corrected chi connectivity index (χ2v) is 11.3. The van der Waals surface area contributed by atoms with Gasteiger partial charge in [0.2, 0.25) is 5.88 Å². The van der Waals surface area contributed by atoms with Crippen LogP contribution in [0.3, 0.4) is 0 Å². The zero-order chi connectivity index (χ0) is 23.5. The lowest BCUT2D eigenvalue weighted by atomic mass is 10.2. The smallest absolute Gasteiger partial charge is 0.410 e. The third-order valence-electron chi connectivity index (χ3n) is 6.50. The average molecular weight is 477 g/mol. The number of likely N-dealkylation sites (tertiary alicyclic amines) is 1. The number of benzene rings is 1. The molecule has 0 radical (unpaired) electrons. The van der Waals surface area contributed by atoms with Crippen LogP contribution in [0.15, 0.2) is 29.4 Å². The fraction of sp³-hybridized carbons (Fsp3) is 0.500. The van der Waals surface area contributed by atoms with E-state index in [0.29, 0.717) is 23.8 Å². The molecular formula is C22H25FN4O5S. The predicted octanol–water partition coefficient (Wildman–Crippen LogP) is 3.21. The van der Waals surface area contributed by atoms with Crippen molar-refractivity contribution in [3.63, 3.8) is 0 Å². The highest BCUT2D eigenvalue weighted by Gasteiger charge is 2.58. The summed E-state index contributed by atoms with van der Waals surface area (Å²) in [7, 11) is -3.51. The van der Waals surface area contributed by atoms with Crippen molar-refractivity contribution >= 4 is 27.4 Å².